The number of benzene rings is 1. The van der Waals surface area contributed by atoms with Gasteiger partial charge in [-0.15, -0.1) is 0 Å². The molecule has 1 saturated carbocycles. The van der Waals surface area contributed by atoms with Crippen LogP contribution in [0.15, 0.2) is 55.2 Å². The largest absolute Gasteiger partial charge is 0.489 e. The lowest BCUT2D eigenvalue weighted by molar-refractivity contribution is 0.154. The maximum absolute atomic E-state index is 6.26. The Morgan fingerprint density at radius 2 is 1.76 bits per heavy atom. The third kappa shape index (κ3) is 4.20. The molecule has 5 heterocycles. The first-order valence-electron chi connectivity index (χ1n) is 13.5. The SMILES string of the molecule is c1cc(N2CCCCC2)c2ncn(-c3n[nH]c4cnc(-c5cncc(OC6CCCCC6)c5)cc34)c2c1. The van der Waals surface area contributed by atoms with Crippen molar-refractivity contribution in [1.29, 1.82) is 0 Å². The van der Waals surface area contributed by atoms with Gasteiger partial charge in [0.15, 0.2) is 5.82 Å². The van der Waals surface area contributed by atoms with Crippen LogP contribution in [0.2, 0.25) is 0 Å². The first-order valence-corrected chi connectivity index (χ1v) is 13.5. The van der Waals surface area contributed by atoms with E-state index in [1.807, 2.05) is 24.8 Å². The van der Waals surface area contributed by atoms with Crippen LogP contribution < -0.4 is 9.64 Å². The second-order valence-corrected chi connectivity index (χ2v) is 10.3. The summed E-state index contributed by atoms with van der Waals surface area (Å²) in [6.07, 6.45) is 17.4. The number of nitrogens with zero attached hydrogens (tertiary/aromatic N) is 6. The maximum Gasteiger partial charge on any atom is 0.168 e. The number of fused-ring (bicyclic) bond motifs is 2. The van der Waals surface area contributed by atoms with Crippen molar-refractivity contribution >= 4 is 27.6 Å². The molecule has 7 rings (SSSR count). The van der Waals surface area contributed by atoms with Gasteiger partial charge in [-0.25, -0.2) is 4.98 Å². The van der Waals surface area contributed by atoms with E-state index in [-0.39, 0.29) is 6.10 Å². The number of piperidine rings is 1. The molecule has 0 unspecified atom stereocenters. The van der Waals surface area contributed by atoms with Crippen molar-refractivity contribution in [3.05, 3.63) is 55.2 Å². The van der Waals surface area contributed by atoms with Crippen LogP contribution in [-0.2, 0) is 0 Å². The minimum atomic E-state index is 0.283. The number of ether oxygens (including phenoxy) is 1. The minimum Gasteiger partial charge on any atom is -0.489 e. The van der Waals surface area contributed by atoms with Crippen molar-refractivity contribution in [2.75, 3.05) is 18.0 Å². The molecule has 4 aromatic heterocycles. The fourth-order valence-corrected chi connectivity index (χ4v) is 5.83. The number of anilines is 1. The molecule has 1 aromatic carbocycles. The highest BCUT2D eigenvalue weighted by molar-refractivity contribution is 5.94. The molecule has 1 saturated heterocycles. The van der Waals surface area contributed by atoms with Crippen LogP contribution in [0, 0.1) is 0 Å². The highest BCUT2D eigenvalue weighted by Crippen LogP contribution is 2.32. The predicted molar refractivity (Wildman–Crippen MR) is 145 cm³/mol. The summed E-state index contributed by atoms with van der Waals surface area (Å²) < 4.78 is 8.33. The standard InChI is InChI=1S/C29H31N7O/c1-3-8-21(9-4-1)37-22-14-20(16-30-17-22)24-15-23-25(18-31-24)33-34-29(23)36-19-32-28-26(10-7-11-27(28)36)35-12-5-2-6-13-35/h7,10-11,14-19,21H,1-6,8-9,12-13H2,(H,33,34). The third-order valence-corrected chi connectivity index (χ3v) is 7.77. The molecular weight excluding hydrogens is 462 g/mol. The van der Waals surface area contributed by atoms with E-state index in [0.29, 0.717) is 0 Å². The molecule has 2 aliphatic rings. The van der Waals surface area contributed by atoms with Crippen LogP contribution in [0.5, 0.6) is 5.75 Å². The summed E-state index contributed by atoms with van der Waals surface area (Å²) in [6, 6.07) is 10.6. The summed E-state index contributed by atoms with van der Waals surface area (Å²) in [4.78, 5) is 16.4. The Kier molecular flexibility index (Phi) is 5.72. The molecule has 37 heavy (non-hydrogen) atoms. The number of hydrogen-bond acceptors (Lipinski definition) is 6. The Hall–Kier alpha value is -3.94. The first kappa shape index (κ1) is 22.3. The summed E-state index contributed by atoms with van der Waals surface area (Å²) in [5.41, 5.74) is 5.95. The molecule has 188 valence electrons. The van der Waals surface area contributed by atoms with Crippen molar-refractivity contribution in [2.45, 2.75) is 57.5 Å². The molecule has 8 nitrogen and oxygen atoms in total. The number of pyridine rings is 2. The minimum absolute atomic E-state index is 0.283. The fraction of sp³-hybridized carbons (Fsp3) is 0.379. The van der Waals surface area contributed by atoms with Gasteiger partial charge in [0.05, 0.1) is 40.9 Å². The molecule has 1 N–H and O–H groups in total. The van der Waals surface area contributed by atoms with E-state index in [9.17, 15) is 0 Å². The average Bonchev–Trinajstić information content (AvgIpc) is 3.58. The van der Waals surface area contributed by atoms with E-state index in [1.54, 1.807) is 6.20 Å². The lowest BCUT2D eigenvalue weighted by atomic mass is 9.98. The van der Waals surface area contributed by atoms with Gasteiger partial charge in [-0.05, 0) is 69.2 Å². The van der Waals surface area contributed by atoms with Gasteiger partial charge in [0.25, 0.3) is 0 Å². The lowest BCUT2D eigenvalue weighted by Gasteiger charge is -2.28. The number of imidazole rings is 1. The average molecular weight is 494 g/mol. The van der Waals surface area contributed by atoms with Crippen molar-refractivity contribution in [1.82, 2.24) is 29.7 Å². The molecule has 5 aromatic rings. The summed E-state index contributed by atoms with van der Waals surface area (Å²) in [6.45, 7) is 2.17. The summed E-state index contributed by atoms with van der Waals surface area (Å²) in [5, 5.41) is 8.81. The van der Waals surface area contributed by atoms with E-state index in [4.69, 9.17) is 14.7 Å². The lowest BCUT2D eigenvalue weighted by Crippen LogP contribution is -2.29. The summed E-state index contributed by atoms with van der Waals surface area (Å²) in [5.74, 6) is 1.63. The summed E-state index contributed by atoms with van der Waals surface area (Å²) in [7, 11) is 0. The maximum atomic E-state index is 6.26. The van der Waals surface area contributed by atoms with Gasteiger partial charge in [-0.2, -0.15) is 5.10 Å². The zero-order valence-corrected chi connectivity index (χ0v) is 20.9. The Labute approximate surface area is 215 Å². The molecule has 1 aliphatic heterocycles. The van der Waals surface area contributed by atoms with Gasteiger partial charge in [-0.3, -0.25) is 19.6 Å². The van der Waals surface area contributed by atoms with Gasteiger partial charge in [-0.1, -0.05) is 12.5 Å². The van der Waals surface area contributed by atoms with Crippen LogP contribution in [-0.4, -0.2) is 48.9 Å². The Morgan fingerprint density at radius 1 is 0.892 bits per heavy atom. The van der Waals surface area contributed by atoms with Crippen molar-refractivity contribution in [3.63, 3.8) is 0 Å². The van der Waals surface area contributed by atoms with E-state index < -0.39 is 0 Å². The summed E-state index contributed by atoms with van der Waals surface area (Å²) >= 11 is 0. The van der Waals surface area contributed by atoms with E-state index in [2.05, 4.69) is 48.9 Å². The van der Waals surface area contributed by atoms with E-state index >= 15 is 0 Å². The number of para-hydroxylation sites is 1. The molecule has 0 bridgehead atoms. The van der Waals surface area contributed by atoms with E-state index in [0.717, 1.165) is 70.7 Å². The number of rotatable bonds is 5. The van der Waals surface area contributed by atoms with Gasteiger partial charge in [0, 0.05) is 30.2 Å². The van der Waals surface area contributed by atoms with Crippen LogP contribution in [0.25, 0.3) is 39.0 Å². The van der Waals surface area contributed by atoms with Crippen LogP contribution >= 0.6 is 0 Å². The number of nitrogens with one attached hydrogen (secondary N) is 1. The quantitative estimate of drug-likeness (QED) is 0.320. The molecule has 0 amide bonds. The second-order valence-electron chi connectivity index (χ2n) is 10.3. The van der Waals surface area contributed by atoms with Crippen molar-refractivity contribution in [3.8, 4) is 22.8 Å². The number of aromatic nitrogens is 6. The number of H-pyrrole nitrogens is 1. The molecule has 2 fully saturated rings. The highest BCUT2D eigenvalue weighted by atomic mass is 16.5. The molecule has 0 radical (unpaired) electrons. The molecule has 8 heteroatoms. The molecule has 0 spiro atoms. The van der Waals surface area contributed by atoms with Gasteiger partial charge in [0.2, 0.25) is 0 Å². The van der Waals surface area contributed by atoms with Crippen molar-refractivity contribution in [2.24, 2.45) is 0 Å². The first-order chi connectivity index (χ1) is 18.3. The Bertz CT molecular complexity index is 1540. The zero-order valence-electron chi connectivity index (χ0n) is 20.9. The van der Waals surface area contributed by atoms with E-state index in [1.165, 1.54) is 44.2 Å². The predicted octanol–water partition coefficient (Wildman–Crippen LogP) is 6.06. The van der Waals surface area contributed by atoms with Gasteiger partial charge < -0.3 is 9.64 Å². The van der Waals surface area contributed by atoms with Crippen LogP contribution in [0.4, 0.5) is 5.69 Å². The molecule has 1 aliphatic carbocycles. The molecule has 0 atom stereocenters. The topological polar surface area (TPSA) is 84.8 Å². The number of hydrogen-bond donors (Lipinski definition) is 1. The van der Waals surface area contributed by atoms with Gasteiger partial charge in [0.1, 0.15) is 17.6 Å². The number of aromatic amines is 1. The third-order valence-electron chi connectivity index (χ3n) is 7.77. The Morgan fingerprint density at radius 3 is 2.65 bits per heavy atom. The van der Waals surface area contributed by atoms with Crippen molar-refractivity contribution < 1.29 is 4.74 Å². The fourth-order valence-electron chi connectivity index (χ4n) is 5.83. The van der Waals surface area contributed by atoms with Crippen LogP contribution in [0.3, 0.4) is 0 Å². The Balaban J connectivity index is 1.24. The smallest absolute Gasteiger partial charge is 0.168 e. The monoisotopic (exact) mass is 493 g/mol. The second kappa shape index (κ2) is 9.50. The highest BCUT2D eigenvalue weighted by Gasteiger charge is 2.19. The van der Waals surface area contributed by atoms with Crippen LogP contribution in [0.1, 0.15) is 51.4 Å². The van der Waals surface area contributed by atoms with Gasteiger partial charge >= 0.3 is 0 Å². The molecular formula is C29H31N7O. The normalized spacial score (nSPS) is 17.0. The zero-order chi connectivity index (χ0) is 24.6.